The van der Waals surface area contributed by atoms with Gasteiger partial charge in [0.15, 0.2) is 5.82 Å². The number of nitrogens with one attached hydrogen (secondary N) is 7. The third-order valence-corrected chi connectivity index (χ3v) is 23.8. The van der Waals surface area contributed by atoms with Crippen molar-refractivity contribution in [1.82, 2.24) is 40.9 Å². The molecule has 6 fully saturated rings. The monoisotopic (exact) mass is 1310 g/mol. The van der Waals surface area contributed by atoms with E-state index in [2.05, 4.69) is 41.6 Å². The number of aromatic nitrogens is 3. The first-order chi connectivity index (χ1) is 42.4. The minimum absolute atomic E-state index is 0.0288. The summed E-state index contributed by atoms with van der Waals surface area (Å²) < 4.78 is 80.1. The number of alkyl carbamates (subject to hydrolysis) is 2. The first kappa shape index (κ1) is 65.8. The second kappa shape index (κ2) is 25.5. The molecule has 0 atom stereocenters. The van der Waals surface area contributed by atoms with Gasteiger partial charge in [-0.2, -0.15) is 0 Å². The van der Waals surface area contributed by atoms with Crippen LogP contribution in [0, 0.1) is 0 Å². The van der Waals surface area contributed by atoms with Gasteiger partial charge < -0.3 is 41.4 Å². The molecule has 0 unspecified atom stereocenters. The SMILES string of the molecule is CC(C)NC(=O)OC12CCC(c3ncc(-c4ccc(NC(=O)NCc5ccccc5)cc4S(=O)(=O)N(c4nc(C56CCC(OC(=O)NC(C)C)(CC5)CC6)sc4-c4ccc(NC(=O)NCc5ccccn5)cc4S(=O)(=O)NC(C)(C)C)C(C)(C)C)s3)(CC1)CC2. The molecule has 3 heterocycles. The molecule has 90 heavy (non-hydrogen) atoms. The number of sulfonamides is 2. The Kier molecular flexibility index (Phi) is 18.6. The van der Waals surface area contributed by atoms with Gasteiger partial charge in [-0.15, -0.1) is 22.7 Å². The van der Waals surface area contributed by atoms with Crippen LogP contribution in [0.4, 0.5) is 36.4 Å². The van der Waals surface area contributed by atoms with Crippen molar-refractivity contribution >= 4 is 84.2 Å². The van der Waals surface area contributed by atoms with Gasteiger partial charge in [0, 0.05) is 75.4 Å². The minimum atomic E-state index is -4.86. The number of carbonyl (C=O) groups is 4. The Hall–Kier alpha value is -7.19. The van der Waals surface area contributed by atoms with Gasteiger partial charge in [0.2, 0.25) is 10.0 Å². The van der Waals surface area contributed by atoms with E-state index < -0.39 is 72.0 Å². The molecule has 4 bridgehead atoms. The Morgan fingerprint density at radius 2 is 1.11 bits per heavy atom. The lowest BCUT2D eigenvalue weighted by molar-refractivity contribution is -0.0754. The van der Waals surface area contributed by atoms with Crippen LogP contribution in [0.5, 0.6) is 0 Å². The molecule has 25 heteroatoms. The highest BCUT2D eigenvalue weighted by atomic mass is 32.2. The van der Waals surface area contributed by atoms with Crippen LogP contribution in [0.2, 0.25) is 0 Å². The van der Waals surface area contributed by atoms with Crippen molar-refractivity contribution in [2.24, 2.45) is 0 Å². The van der Waals surface area contributed by atoms with E-state index in [0.29, 0.717) is 78.9 Å². The Bertz CT molecular complexity index is 3830. The largest absolute Gasteiger partial charge is 0.443 e. The molecule has 0 saturated heterocycles. The second-order valence-corrected chi connectivity index (χ2v) is 32.6. The van der Waals surface area contributed by atoms with Crippen LogP contribution in [0.25, 0.3) is 20.9 Å². The third kappa shape index (κ3) is 14.6. The molecule has 0 spiro atoms. The van der Waals surface area contributed by atoms with Crippen molar-refractivity contribution in [3.8, 4) is 20.9 Å². The molecule has 0 aliphatic heterocycles. The highest BCUT2D eigenvalue weighted by Crippen LogP contribution is 2.59. The van der Waals surface area contributed by atoms with Crippen LogP contribution < -0.4 is 40.9 Å². The number of carbonyl (C=O) groups excluding carboxylic acids is 4. The fraction of sp³-hybridized carbons (Fsp3) is 0.492. The molecule has 482 valence electrons. The van der Waals surface area contributed by atoms with Crippen LogP contribution in [-0.4, -0.2) is 90.4 Å². The van der Waals surface area contributed by atoms with E-state index in [1.165, 1.54) is 39.1 Å². The first-order valence-electron chi connectivity index (χ1n) is 30.8. The van der Waals surface area contributed by atoms with Crippen molar-refractivity contribution in [2.45, 2.75) is 214 Å². The predicted octanol–water partition coefficient (Wildman–Crippen LogP) is 13.0. The average molecular weight is 1310 g/mol. The van der Waals surface area contributed by atoms with Crippen LogP contribution in [0.3, 0.4) is 0 Å². The fourth-order valence-electron chi connectivity index (χ4n) is 12.8. The molecule has 6 aromatic rings. The summed E-state index contributed by atoms with van der Waals surface area (Å²) in [6.45, 7) is 18.2. The maximum Gasteiger partial charge on any atom is 0.407 e. The molecule has 6 aliphatic carbocycles. The van der Waals surface area contributed by atoms with Gasteiger partial charge in [-0.3, -0.25) is 4.98 Å². The Labute approximate surface area is 536 Å². The van der Waals surface area contributed by atoms with Crippen molar-refractivity contribution in [1.29, 1.82) is 0 Å². The average Bonchev–Trinajstić information content (AvgIpc) is 1.46. The van der Waals surface area contributed by atoms with Gasteiger partial charge in [0.25, 0.3) is 10.0 Å². The van der Waals surface area contributed by atoms with Gasteiger partial charge in [-0.05, 0) is 194 Å². The summed E-state index contributed by atoms with van der Waals surface area (Å²) in [4.78, 5) is 68.5. The van der Waals surface area contributed by atoms with E-state index in [-0.39, 0.29) is 68.0 Å². The lowest BCUT2D eigenvalue weighted by atomic mass is 9.59. The van der Waals surface area contributed by atoms with Crippen molar-refractivity contribution in [2.75, 3.05) is 14.9 Å². The normalized spacial score (nSPS) is 21.6. The predicted molar refractivity (Wildman–Crippen MR) is 351 cm³/mol. The van der Waals surface area contributed by atoms with Gasteiger partial charge in [0.05, 0.1) is 36.8 Å². The summed E-state index contributed by atoms with van der Waals surface area (Å²) in [5.41, 5.74) is -2.32. The quantitative estimate of drug-likeness (QED) is 0.0398. The lowest BCUT2D eigenvalue weighted by Crippen LogP contribution is -2.52. The van der Waals surface area contributed by atoms with E-state index in [0.717, 1.165) is 29.8 Å². The van der Waals surface area contributed by atoms with E-state index in [4.69, 9.17) is 19.4 Å². The topological polar surface area (TPSA) is 281 Å². The first-order valence-corrected chi connectivity index (χ1v) is 35.3. The number of benzene rings is 3. The zero-order valence-corrected chi connectivity index (χ0v) is 56.1. The number of hydrogen-bond donors (Lipinski definition) is 7. The number of hydrogen-bond acceptors (Lipinski definition) is 15. The standard InChI is InChI=1S/C65H83N11O10S4/c1-41(2)70-58(79)85-64-29-23-62(24-30-64,25-31-64)54-67-40-49(87-54)47-21-19-45(73-56(77)68-38-43-16-12-11-13-17-43)37-51(47)90(83,84)76(61(8,9)10)53-52(88-55(74-53)63-26-32-65(33-27-63,34-28-63)86-59(80)71-42(3)4)48-22-20-44(36-50(48)89(81,82)75-60(5,6)7)72-57(78)69-39-46-18-14-15-35-66-46/h11-22,35-37,40-42,75H,23-34,38-39H2,1-10H3,(H,70,79)(H,71,80)(H2,68,73,77)(H2,69,72,78). The molecular formula is C65H83N11O10S4. The van der Waals surface area contributed by atoms with Crippen molar-refractivity contribution in [3.63, 3.8) is 0 Å². The highest BCUT2D eigenvalue weighted by molar-refractivity contribution is 7.93. The summed E-state index contributed by atoms with van der Waals surface area (Å²) in [7, 11) is -9.35. The smallest absolute Gasteiger partial charge is 0.407 e. The number of amides is 6. The number of anilines is 3. The Morgan fingerprint density at radius 3 is 1.62 bits per heavy atom. The third-order valence-electron chi connectivity index (χ3n) is 17.3. The summed E-state index contributed by atoms with van der Waals surface area (Å²) in [5, 5.41) is 18.5. The Morgan fingerprint density at radius 1 is 0.600 bits per heavy atom. The number of fused-ring (bicyclic) bond motifs is 6. The molecular weight excluding hydrogens is 1220 g/mol. The second-order valence-electron chi connectivity index (χ2n) is 27.1. The molecule has 7 N–H and O–H groups in total. The zero-order chi connectivity index (χ0) is 64.7. The minimum Gasteiger partial charge on any atom is -0.443 e. The van der Waals surface area contributed by atoms with Crippen molar-refractivity contribution in [3.05, 3.63) is 119 Å². The van der Waals surface area contributed by atoms with Gasteiger partial charge in [0.1, 0.15) is 16.2 Å². The van der Waals surface area contributed by atoms with Gasteiger partial charge in [-0.1, -0.05) is 42.5 Å². The van der Waals surface area contributed by atoms with Gasteiger partial charge >= 0.3 is 24.2 Å². The van der Waals surface area contributed by atoms with E-state index >= 15 is 16.8 Å². The molecule has 6 aliphatic rings. The van der Waals surface area contributed by atoms with Crippen LogP contribution in [-0.2, 0) is 53.4 Å². The summed E-state index contributed by atoms with van der Waals surface area (Å²) >= 11 is 2.63. The summed E-state index contributed by atoms with van der Waals surface area (Å²) in [6, 6.07) is 22.6. The van der Waals surface area contributed by atoms with Crippen LogP contribution >= 0.6 is 22.7 Å². The number of rotatable bonds is 19. The Balaban J connectivity index is 1.10. The molecule has 21 nitrogen and oxygen atoms in total. The zero-order valence-electron chi connectivity index (χ0n) is 52.8. The molecule has 6 saturated carbocycles. The summed E-state index contributed by atoms with van der Waals surface area (Å²) in [5.74, 6) is -0.0288. The van der Waals surface area contributed by atoms with E-state index in [1.54, 1.807) is 96.4 Å². The molecule has 12 rings (SSSR count). The molecule has 3 aromatic heterocycles. The fourth-order valence-corrected chi connectivity index (χ4v) is 19.3. The number of urea groups is 2. The maximum absolute atomic E-state index is 16.8. The van der Waals surface area contributed by atoms with Crippen molar-refractivity contribution < 1.29 is 45.5 Å². The maximum atomic E-state index is 16.8. The van der Waals surface area contributed by atoms with E-state index in [1.807, 2.05) is 58.0 Å². The molecule has 3 aromatic carbocycles. The number of pyridine rings is 1. The van der Waals surface area contributed by atoms with Gasteiger partial charge in [-0.25, -0.2) is 55.0 Å². The number of nitrogens with zero attached hydrogens (tertiary/aromatic N) is 4. The highest BCUT2D eigenvalue weighted by Gasteiger charge is 2.55. The summed E-state index contributed by atoms with van der Waals surface area (Å²) in [6.07, 6.45) is 9.71. The van der Waals surface area contributed by atoms with E-state index in [9.17, 15) is 19.2 Å². The molecule has 0 radical (unpaired) electrons. The number of ether oxygens (including phenoxy) is 2. The molecule has 6 amide bonds. The number of thiazole rings is 2. The van der Waals surface area contributed by atoms with Crippen LogP contribution in [0.15, 0.2) is 107 Å². The lowest BCUT2D eigenvalue weighted by Gasteiger charge is -2.51. The van der Waals surface area contributed by atoms with Crippen LogP contribution in [0.1, 0.15) is 168 Å².